The van der Waals surface area contributed by atoms with Crippen molar-refractivity contribution in [2.45, 2.75) is 49.0 Å². The first-order valence-electron chi connectivity index (χ1n) is 9.90. The van der Waals surface area contributed by atoms with Crippen molar-refractivity contribution in [1.29, 1.82) is 0 Å². The van der Waals surface area contributed by atoms with E-state index in [0.717, 1.165) is 19.3 Å². The molecule has 4 saturated carbocycles. The summed E-state index contributed by atoms with van der Waals surface area (Å²) in [5, 5.41) is 2.70. The molecule has 0 atom stereocenters. The van der Waals surface area contributed by atoms with Crippen LogP contribution < -0.4 is 10.0 Å². The van der Waals surface area contributed by atoms with E-state index in [1.165, 1.54) is 25.5 Å². The standard InChI is InChI=1S/C21H24N2O4S/c24-20(19-2-1-7-27-19)22-17-3-5-18(6-4-17)28(25,26)23-21-11-14-8-15(12-21)10-16(9-14)13-21/h1-7,14-16,23H,8-13H2,(H,22,24). The maximum Gasteiger partial charge on any atom is 0.291 e. The van der Waals surface area contributed by atoms with E-state index in [4.69, 9.17) is 4.42 Å². The first-order valence-corrected chi connectivity index (χ1v) is 11.4. The van der Waals surface area contributed by atoms with E-state index in [9.17, 15) is 13.2 Å². The van der Waals surface area contributed by atoms with Gasteiger partial charge in [-0.1, -0.05) is 0 Å². The molecular weight excluding hydrogens is 376 g/mol. The summed E-state index contributed by atoms with van der Waals surface area (Å²) >= 11 is 0. The number of carbonyl (C=O) groups is 1. The van der Waals surface area contributed by atoms with Crippen molar-refractivity contribution in [3.63, 3.8) is 0 Å². The van der Waals surface area contributed by atoms with Gasteiger partial charge in [-0.05, 0) is 92.7 Å². The molecule has 4 bridgehead atoms. The van der Waals surface area contributed by atoms with E-state index >= 15 is 0 Å². The van der Waals surface area contributed by atoms with Gasteiger partial charge in [-0.3, -0.25) is 4.79 Å². The Hall–Kier alpha value is -2.12. The number of amides is 1. The number of rotatable bonds is 5. The second kappa shape index (κ2) is 6.46. The zero-order valence-corrected chi connectivity index (χ0v) is 16.4. The number of hydrogen-bond acceptors (Lipinski definition) is 4. The second-order valence-electron chi connectivity index (χ2n) is 8.76. The molecule has 6 rings (SSSR count). The van der Waals surface area contributed by atoms with Gasteiger partial charge in [0.1, 0.15) is 0 Å². The highest BCUT2D eigenvalue weighted by Gasteiger charge is 2.52. The summed E-state index contributed by atoms with van der Waals surface area (Å²) < 4.78 is 34.2. The molecule has 2 N–H and O–H groups in total. The minimum absolute atomic E-state index is 0.209. The fourth-order valence-corrected chi connectivity index (χ4v) is 7.33. The van der Waals surface area contributed by atoms with Crippen LogP contribution in [-0.4, -0.2) is 19.9 Å². The van der Waals surface area contributed by atoms with Gasteiger partial charge in [-0.2, -0.15) is 0 Å². The van der Waals surface area contributed by atoms with Gasteiger partial charge in [-0.15, -0.1) is 0 Å². The Morgan fingerprint density at radius 1 is 0.964 bits per heavy atom. The highest BCUT2D eigenvalue weighted by molar-refractivity contribution is 7.89. The van der Waals surface area contributed by atoms with Crippen molar-refractivity contribution in [2.24, 2.45) is 17.8 Å². The molecule has 1 aromatic carbocycles. The Labute approximate surface area is 164 Å². The van der Waals surface area contributed by atoms with Crippen LogP contribution in [0.3, 0.4) is 0 Å². The van der Waals surface area contributed by atoms with Crippen LogP contribution in [0.4, 0.5) is 5.69 Å². The Morgan fingerprint density at radius 3 is 2.11 bits per heavy atom. The smallest absolute Gasteiger partial charge is 0.291 e. The third kappa shape index (κ3) is 3.26. The van der Waals surface area contributed by atoms with Gasteiger partial charge in [0.25, 0.3) is 5.91 Å². The third-order valence-electron chi connectivity index (χ3n) is 6.56. The summed E-state index contributed by atoms with van der Waals surface area (Å²) in [6, 6.07) is 9.51. The summed E-state index contributed by atoms with van der Waals surface area (Å²) in [4.78, 5) is 12.3. The zero-order chi connectivity index (χ0) is 19.4. The Kier molecular flexibility index (Phi) is 4.14. The lowest BCUT2D eigenvalue weighted by atomic mass is 9.53. The highest BCUT2D eigenvalue weighted by atomic mass is 32.2. The molecule has 6 nitrogen and oxygen atoms in total. The van der Waals surface area contributed by atoms with E-state index in [1.54, 1.807) is 36.4 Å². The molecule has 4 aliphatic rings. The molecule has 28 heavy (non-hydrogen) atoms. The average molecular weight is 401 g/mol. The van der Waals surface area contributed by atoms with Crippen LogP contribution in [0.25, 0.3) is 0 Å². The molecule has 0 saturated heterocycles. The van der Waals surface area contributed by atoms with Crippen molar-refractivity contribution in [1.82, 2.24) is 4.72 Å². The number of hydrogen-bond donors (Lipinski definition) is 2. The van der Waals surface area contributed by atoms with Crippen LogP contribution >= 0.6 is 0 Å². The van der Waals surface area contributed by atoms with Gasteiger partial charge >= 0.3 is 0 Å². The summed E-state index contributed by atoms with van der Waals surface area (Å²) in [7, 11) is -3.59. The Bertz CT molecular complexity index is 945. The molecule has 0 aliphatic heterocycles. The SMILES string of the molecule is O=C(Nc1ccc(S(=O)(=O)NC23CC4CC(CC(C4)C2)C3)cc1)c1ccco1. The van der Waals surface area contributed by atoms with Crippen molar-refractivity contribution >= 4 is 21.6 Å². The normalized spacial score (nSPS) is 31.1. The molecule has 1 heterocycles. The van der Waals surface area contributed by atoms with Gasteiger partial charge in [0.15, 0.2) is 5.76 Å². The van der Waals surface area contributed by atoms with Crippen LogP contribution in [0.15, 0.2) is 52.0 Å². The first-order chi connectivity index (χ1) is 13.4. The van der Waals surface area contributed by atoms with Gasteiger partial charge in [0.05, 0.1) is 11.2 Å². The predicted molar refractivity (Wildman–Crippen MR) is 104 cm³/mol. The minimum Gasteiger partial charge on any atom is -0.459 e. The van der Waals surface area contributed by atoms with Gasteiger partial charge in [0.2, 0.25) is 10.0 Å². The van der Waals surface area contributed by atoms with E-state index in [2.05, 4.69) is 10.0 Å². The molecule has 0 radical (unpaired) electrons. The number of anilines is 1. The van der Waals surface area contributed by atoms with E-state index in [1.807, 2.05) is 0 Å². The lowest BCUT2D eigenvalue weighted by Gasteiger charge is -2.56. The Balaban J connectivity index is 1.31. The molecule has 2 aromatic rings. The van der Waals surface area contributed by atoms with Gasteiger partial charge < -0.3 is 9.73 Å². The molecule has 7 heteroatoms. The lowest BCUT2D eigenvalue weighted by Crippen LogP contribution is -2.59. The van der Waals surface area contributed by atoms with Crippen molar-refractivity contribution in [3.8, 4) is 0 Å². The number of sulfonamides is 1. The molecule has 148 valence electrons. The average Bonchev–Trinajstić information content (AvgIpc) is 3.15. The molecule has 4 fully saturated rings. The van der Waals surface area contributed by atoms with Gasteiger partial charge in [-0.25, -0.2) is 13.1 Å². The number of benzene rings is 1. The minimum atomic E-state index is -3.59. The zero-order valence-electron chi connectivity index (χ0n) is 15.6. The summed E-state index contributed by atoms with van der Waals surface area (Å²) in [6.07, 6.45) is 8.14. The fourth-order valence-electron chi connectivity index (χ4n) is 5.90. The van der Waals surface area contributed by atoms with Crippen LogP contribution in [0.5, 0.6) is 0 Å². The number of nitrogens with one attached hydrogen (secondary N) is 2. The van der Waals surface area contributed by atoms with E-state index in [0.29, 0.717) is 23.4 Å². The summed E-state index contributed by atoms with van der Waals surface area (Å²) in [5.41, 5.74) is 0.259. The lowest BCUT2D eigenvalue weighted by molar-refractivity contribution is -0.00810. The number of furan rings is 1. The van der Waals surface area contributed by atoms with Crippen molar-refractivity contribution in [3.05, 3.63) is 48.4 Å². The maximum atomic E-state index is 13.0. The fraction of sp³-hybridized carbons (Fsp3) is 0.476. The molecule has 0 spiro atoms. The van der Waals surface area contributed by atoms with Gasteiger partial charge in [0, 0.05) is 11.2 Å². The molecular formula is C21H24N2O4S. The molecule has 1 aromatic heterocycles. The maximum absolute atomic E-state index is 13.0. The highest BCUT2D eigenvalue weighted by Crippen LogP contribution is 2.55. The molecule has 4 aliphatic carbocycles. The molecule has 0 unspecified atom stereocenters. The van der Waals surface area contributed by atoms with Crippen molar-refractivity contribution < 1.29 is 17.6 Å². The summed E-state index contributed by atoms with van der Waals surface area (Å²) in [5.74, 6) is 1.86. The number of carbonyl (C=O) groups excluding carboxylic acids is 1. The topological polar surface area (TPSA) is 88.4 Å². The summed E-state index contributed by atoms with van der Waals surface area (Å²) in [6.45, 7) is 0. The monoisotopic (exact) mass is 400 g/mol. The van der Waals surface area contributed by atoms with Crippen molar-refractivity contribution in [2.75, 3.05) is 5.32 Å². The Morgan fingerprint density at radius 2 is 1.57 bits per heavy atom. The second-order valence-corrected chi connectivity index (χ2v) is 10.4. The molecule has 1 amide bonds. The third-order valence-corrected chi connectivity index (χ3v) is 8.15. The quantitative estimate of drug-likeness (QED) is 0.799. The largest absolute Gasteiger partial charge is 0.459 e. The van der Waals surface area contributed by atoms with E-state index in [-0.39, 0.29) is 22.1 Å². The van der Waals surface area contributed by atoms with Crippen LogP contribution in [-0.2, 0) is 10.0 Å². The van der Waals surface area contributed by atoms with E-state index < -0.39 is 10.0 Å². The van der Waals surface area contributed by atoms with Crippen LogP contribution in [0.2, 0.25) is 0 Å². The van der Waals surface area contributed by atoms with Crippen LogP contribution in [0, 0.1) is 17.8 Å². The van der Waals surface area contributed by atoms with Crippen LogP contribution in [0.1, 0.15) is 49.1 Å². The predicted octanol–water partition coefficient (Wildman–Crippen LogP) is 3.78. The first kappa shape index (κ1) is 17.9.